The number of methoxy groups -OCH3 is 2. The van der Waals surface area contributed by atoms with Crippen molar-refractivity contribution in [2.75, 3.05) is 44.1 Å². The third-order valence-corrected chi connectivity index (χ3v) is 7.44. The van der Waals surface area contributed by atoms with Crippen molar-refractivity contribution >= 4 is 28.6 Å². The van der Waals surface area contributed by atoms with E-state index in [0.717, 1.165) is 41.8 Å². The van der Waals surface area contributed by atoms with E-state index < -0.39 is 5.76 Å². The van der Waals surface area contributed by atoms with Gasteiger partial charge in [0.2, 0.25) is 5.88 Å². The minimum Gasteiger partial charge on any atom is -0.497 e. The second-order valence-electron chi connectivity index (χ2n) is 9.90. The first-order chi connectivity index (χ1) is 19.4. The van der Waals surface area contributed by atoms with Gasteiger partial charge in [-0.2, -0.15) is 9.97 Å². The van der Waals surface area contributed by atoms with Crippen LogP contribution in [0.2, 0.25) is 0 Å². The number of rotatable bonds is 6. The summed E-state index contributed by atoms with van der Waals surface area (Å²) in [5.74, 6) is 1.72. The van der Waals surface area contributed by atoms with E-state index in [1.165, 1.54) is 7.11 Å². The molecule has 2 N–H and O–H groups in total. The number of nitrogens with one attached hydrogen (secondary N) is 2. The van der Waals surface area contributed by atoms with E-state index in [0.29, 0.717) is 48.2 Å². The zero-order valence-electron chi connectivity index (χ0n) is 22.5. The highest BCUT2D eigenvalue weighted by molar-refractivity contribution is 5.91. The Morgan fingerprint density at radius 1 is 0.975 bits per heavy atom. The molecule has 1 fully saturated rings. The molecule has 0 spiro atoms. The van der Waals surface area contributed by atoms with Gasteiger partial charge in [-0.3, -0.25) is 4.98 Å². The van der Waals surface area contributed by atoms with Crippen molar-refractivity contribution < 1.29 is 23.4 Å². The summed E-state index contributed by atoms with van der Waals surface area (Å²) < 4.78 is 21.9. The Balaban J connectivity index is 1.15. The Morgan fingerprint density at radius 3 is 2.58 bits per heavy atom. The molecular weight excluding hydrogens is 516 g/mol. The number of benzene rings is 2. The van der Waals surface area contributed by atoms with Crippen molar-refractivity contribution in [3.63, 3.8) is 0 Å². The lowest BCUT2D eigenvalue weighted by Gasteiger charge is -2.38. The smallest absolute Gasteiger partial charge is 0.417 e. The molecule has 12 nitrogen and oxygen atoms in total. The highest BCUT2D eigenvalue weighted by Gasteiger charge is 2.31. The third-order valence-electron chi connectivity index (χ3n) is 7.44. The SMILES string of the molecule is COc1ccc2c(c1)CCN(C1CCN(c3cc(Oc4cc(C)c5[nH]c(=O)oc5c4)nc(OC)n3)CC1)C(=O)N2. The molecule has 6 rings (SSSR count). The number of hydrogen-bond donors (Lipinski definition) is 2. The molecule has 2 aromatic carbocycles. The lowest BCUT2D eigenvalue weighted by atomic mass is 10.0. The van der Waals surface area contributed by atoms with Gasteiger partial charge in [-0.15, -0.1) is 0 Å². The monoisotopic (exact) mass is 546 g/mol. The number of ether oxygens (including phenoxy) is 3. The van der Waals surface area contributed by atoms with E-state index in [-0.39, 0.29) is 18.1 Å². The molecule has 4 heterocycles. The van der Waals surface area contributed by atoms with E-state index in [2.05, 4.69) is 25.2 Å². The first-order valence-corrected chi connectivity index (χ1v) is 13.1. The number of carbonyl (C=O) groups excluding carboxylic acids is 1. The van der Waals surface area contributed by atoms with Gasteiger partial charge in [0.1, 0.15) is 17.3 Å². The maximum atomic E-state index is 13.1. The number of carbonyl (C=O) groups is 1. The second-order valence-corrected chi connectivity index (χ2v) is 9.90. The largest absolute Gasteiger partial charge is 0.497 e. The van der Waals surface area contributed by atoms with Crippen LogP contribution in [0.25, 0.3) is 11.1 Å². The zero-order chi connectivity index (χ0) is 27.8. The fourth-order valence-corrected chi connectivity index (χ4v) is 5.38. The van der Waals surface area contributed by atoms with Gasteiger partial charge >= 0.3 is 17.8 Å². The van der Waals surface area contributed by atoms with Gasteiger partial charge in [0.25, 0.3) is 0 Å². The first kappa shape index (κ1) is 25.5. The van der Waals surface area contributed by atoms with Crippen LogP contribution in [-0.4, -0.2) is 65.8 Å². The fourth-order valence-electron chi connectivity index (χ4n) is 5.38. The quantitative estimate of drug-likeness (QED) is 0.367. The van der Waals surface area contributed by atoms with Crippen LogP contribution in [0.1, 0.15) is 24.0 Å². The molecule has 0 atom stereocenters. The third kappa shape index (κ3) is 4.99. The Morgan fingerprint density at radius 2 is 1.80 bits per heavy atom. The van der Waals surface area contributed by atoms with Crippen molar-refractivity contribution in [1.82, 2.24) is 19.9 Å². The average Bonchev–Trinajstić information content (AvgIpc) is 3.25. The van der Waals surface area contributed by atoms with Gasteiger partial charge < -0.3 is 33.7 Å². The predicted octanol–water partition coefficient (Wildman–Crippen LogP) is 4.09. The summed E-state index contributed by atoms with van der Waals surface area (Å²) in [6, 6.07) is 11.2. The highest BCUT2D eigenvalue weighted by Crippen LogP contribution is 2.32. The Bertz CT molecular complexity index is 1620. The van der Waals surface area contributed by atoms with Gasteiger partial charge in [-0.05, 0) is 61.6 Å². The summed E-state index contributed by atoms with van der Waals surface area (Å²) in [4.78, 5) is 40.3. The first-order valence-electron chi connectivity index (χ1n) is 13.1. The molecule has 1 saturated heterocycles. The number of aromatic nitrogens is 3. The molecule has 4 aromatic rings. The molecule has 2 amide bonds. The number of H-pyrrole nitrogens is 1. The number of urea groups is 1. The van der Waals surface area contributed by atoms with E-state index in [9.17, 15) is 9.59 Å². The van der Waals surface area contributed by atoms with E-state index in [4.69, 9.17) is 18.6 Å². The van der Waals surface area contributed by atoms with Crippen LogP contribution >= 0.6 is 0 Å². The highest BCUT2D eigenvalue weighted by atomic mass is 16.5. The molecular formula is C28H30N6O6. The Kier molecular flexibility index (Phi) is 6.66. The van der Waals surface area contributed by atoms with Crippen molar-refractivity contribution in [2.24, 2.45) is 0 Å². The average molecular weight is 547 g/mol. The molecule has 0 bridgehead atoms. The summed E-state index contributed by atoms with van der Waals surface area (Å²) >= 11 is 0. The van der Waals surface area contributed by atoms with Crippen LogP contribution < -0.4 is 30.2 Å². The number of fused-ring (bicyclic) bond motifs is 2. The Labute approximate surface area is 229 Å². The summed E-state index contributed by atoms with van der Waals surface area (Å²) in [6.07, 6.45) is 2.34. The topological polar surface area (TPSA) is 135 Å². The van der Waals surface area contributed by atoms with Crippen molar-refractivity contribution in [3.05, 3.63) is 58.1 Å². The maximum Gasteiger partial charge on any atom is 0.417 e. The lowest BCUT2D eigenvalue weighted by molar-refractivity contribution is 0.177. The minimum absolute atomic E-state index is 0.0766. The van der Waals surface area contributed by atoms with Gasteiger partial charge in [-0.1, -0.05) is 0 Å². The standard InChI is InChI=1S/C28H30N6O6/c1-16-12-20(14-22-25(16)32-28(36)40-22)39-24-15-23(30-26(31-24)38-3)33-9-7-18(8-10-33)34-11-6-17-13-19(37-2)4-5-21(17)29-27(34)35/h4-5,12-15,18H,6-11H2,1-3H3,(H,29,35)(H,32,36). The normalized spacial score (nSPS) is 15.9. The van der Waals surface area contributed by atoms with E-state index in [1.807, 2.05) is 30.0 Å². The second kappa shape index (κ2) is 10.4. The van der Waals surface area contributed by atoms with Crippen LogP contribution in [0.4, 0.5) is 16.3 Å². The van der Waals surface area contributed by atoms with Crippen molar-refractivity contribution in [2.45, 2.75) is 32.2 Å². The molecule has 12 heteroatoms. The van der Waals surface area contributed by atoms with Gasteiger partial charge in [0, 0.05) is 43.5 Å². The van der Waals surface area contributed by atoms with E-state index >= 15 is 0 Å². The van der Waals surface area contributed by atoms with E-state index in [1.54, 1.807) is 25.3 Å². The maximum absolute atomic E-state index is 13.1. The van der Waals surface area contributed by atoms with Crippen LogP contribution in [-0.2, 0) is 6.42 Å². The molecule has 2 aromatic heterocycles. The Hall–Kier alpha value is -4.74. The van der Waals surface area contributed by atoms with Crippen LogP contribution in [0.15, 0.2) is 45.6 Å². The zero-order valence-corrected chi connectivity index (χ0v) is 22.5. The molecule has 0 radical (unpaired) electrons. The number of anilines is 2. The molecule has 2 aliphatic heterocycles. The number of hydrogen-bond acceptors (Lipinski definition) is 9. The fraction of sp³-hybridized carbons (Fsp3) is 0.357. The number of oxazole rings is 1. The van der Waals surface area contributed by atoms with Crippen LogP contribution in [0.5, 0.6) is 23.4 Å². The van der Waals surface area contributed by atoms with Crippen molar-refractivity contribution in [1.29, 1.82) is 0 Å². The van der Waals surface area contributed by atoms with Crippen molar-refractivity contribution in [3.8, 4) is 23.4 Å². The molecule has 2 aliphatic rings. The summed E-state index contributed by atoms with van der Waals surface area (Å²) in [5.41, 5.74) is 3.74. The molecule has 0 aliphatic carbocycles. The number of aryl methyl sites for hydroxylation is 1. The number of amides is 2. The minimum atomic E-state index is -0.521. The van der Waals surface area contributed by atoms with Gasteiger partial charge in [-0.25, -0.2) is 9.59 Å². The predicted molar refractivity (Wildman–Crippen MR) is 148 cm³/mol. The number of aromatic amines is 1. The summed E-state index contributed by atoms with van der Waals surface area (Å²) in [7, 11) is 3.15. The summed E-state index contributed by atoms with van der Waals surface area (Å²) in [5, 5.41) is 3.06. The van der Waals surface area contributed by atoms with Gasteiger partial charge in [0.05, 0.1) is 19.7 Å². The molecule has 208 valence electrons. The number of nitrogens with zero attached hydrogens (tertiary/aromatic N) is 4. The summed E-state index contributed by atoms with van der Waals surface area (Å²) in [6.45, 7) is 3.90. The molecule has 0 unspecified atom stereocenters. The number of piperidine rings is 1. The lowest BCUT2D eigenvalue weighted by Crippen LogP contribution is -2.49. The van der Waals surface area contributed by atoms with Crippen LogP contribution in [0.3, 0.4) is 0 Å². The van der Waals surface area contributed by atoms with Gasteiger partial charge in [0.15, 0.2) is 5.58 Å². The molecule has 40 heavy (non-hydrogen) atoms. The van der Waals surface area contributed by atoms with Crippen LogP contribution in [0, 0.1) is 6.92 Å². The molecule has 0 saturated carbocycles.